The van der Waals surface area contributed by atoms with E-state index in [2.05, 4.69) is 14.9 Å². The molecule has 0 radical (unpaired) electrons. The minimum absolute atomic E-state index is 0.118. The maximum atomic E-state index is 12.3. The molecule has 0 aliphatic carbocycles. The highest BCUT2D eigenvalue weighted by Gasteiger charge is 2.27. The summed E-state index contributed by atoms with van der Waals surface area (Å²) >= 11 is 0. The van der Waals surface area contributed by atoms with Gasteiger partial charge in [-0.25, -0.2) is 9.97 Å². The van der Waals surface area contributed by atoms with E-state index in [-0.39, 0.29) is 11.9 Å². The number of hydrogen-bond acceptors (Lipinski definition) is 5. The smallest absolute Gasteiger partial charge is 0.311 e. The van der Waals surface area contributed by atoms with Gasteiger partial charge in [0.15, 0.2) is 0 Å². The maximum Gasteiger partial charge on any atom is 0.311 e. The summed E-state index contributed by atoms with van der Waals surface area (Å²) in [5.41, 5.74) is 1.10. The van der Waals surface area contributed by atoms with Gasteiger partial charge in [-0.1, -0.05) is 36.4 Å². The van der Waals surface area contributed by atoms with Crippen LogP contribution >= 0.6 is 0 Å². The molecule has 5 heteroatoms. The van der Waals surface area contributed by atoms with E-state index in [9.17, 15) is 4.79 Å². The average Bonchev–Trinajstić information content (AvgIpc) is 2.67. The lowest BCUT2D eigenvalue weighted by atomic mass is 9.98. The molecule has 0 amide bonds. The maximum absolute atomic E-state index is 12.3. The first-order valence-corrected chi connectivity index (χ1v) is 8.23. The number of piperidine rings is 1. The van der Waals surface area contributed by atoms with Crippen molar-refractivity contribution in [3.05, 3.63) is 60.4 Å². The Hall–Kier alpha value is -2.69. The first-order valence-electron chi connectivity index (χ1n) is 8.23. The molecule has 1 aromatic heterocycles. The fourth-order valence-corrected chi connectivity index (χ4v) is 2.80. The molecule has 1 unspecified atom stereocenters. The Morgan fingerprint density at radius 1 is 1.21 bits per heavy atom. The van der Waals surface area contributed by atoms with E-state index in [1.165, 1.54) is 0 Å². The van der Waals surface area contributed by atoms with Gasteiger partial charge in [-0.05, 0) is 30.5 Å². The standard InChI is InChI=1S/C19H21N3O2/c23-18(24-14-5-9-16-7-2-1-3-8-16)17-10-4-13-22(15-17)19-20-11-6-12-21-19/h1-3,5-9,11-12,17H,4,10,13-15H2. The van der Waals surface area contributed by atoms with Crippen LogP contribution in [0.3, 0.4) is 0 Å². The van der Waals surface area contributed by atoms with Gasteiger partial charge >= 0.3 is 5.97 Å². The summed E-state index contributed by atoms with van der Waals surface area (Å²) in [5.74, 6) is 0.417. The fourth-order valence-electron chi connectivity index (χ4n) is 2.80. The molecule has 0 N–H and O–H groups in total. The van der Waals surface area contributed by atoms with Gasteiger partial charge in [0.25, 0.3) is 0 Å². The Morgan fingerprint density at radius 2 is 2.00 bits per heavy atom. The highest BCUT2D eigenvalue weighted by molar-refractivity contribution is 5.73. The van der Waals surface area contributed by atoms with Crippen LogP contribution in [0.5, 0.6) is 0 Å². The van der Waals surface area contributed by atoms with Crippen LogP contribution in [-0.2, 0) is 9.53 Å². The van der Waals surface area contributed by atoms with Crippen LogP contribution in [0.2, 0.25) is 0 Å². The number of benzene rings is 1. The second-order valence-corrected chi connectivity index (χ2v) is 5.78. The van der Waals surface area contributed by atoms with Crippen molar-refractivity contribution in [1.82, 2.24) is 9.97 Å². The zero-order valence-corrected chi connectivity index (χ0v) is 13.5. The summed E-state index contributed by atoms with van der Waals surface area (Å²) in [6.45, 7) is 1.79. The minimum Gasteiger partial charge on any atom is -0.461 e. The van der Waals surface area contributed by atoms with Gasteiger partial charge in [0.1, 0.15) is 6.61 Å². The van der Waals surface area contributed by atoms with Crippen molar-refractivity contribution in [3.8, 4) is 0 Å². The minimum atomic E-state index is -0.145. The molecule has 1 saturated heterocycles. The first kappa shape index (κ1) is 16.2. The SMILES string of the molecule is O=C(OCC=Cc1ccccc1)C1CCCN(c2ncccn2)C1. The Labute approximate surface area is 142 Å². The number of rotatable bonds is 5. The van der Waals surface area contributed by atoms with Crippen LogP contribution in [0.4, 0.5) is 5.95 Å². The molecule has 124 valence electrons. The zero-order valence-electron chi connectivity index (χ0n) is 13.5. The van der Waals surface area contributed by atoms with Crippen molar-refractivity contribution in [1.29, 1.82) is 0 Å². The Balaban J connectivity index is 1.49. The lowest BCUT2D eigenvalue weighted by Gasteiger charge is -2.31. The third kappa shape index (κ3) is 4.41. The number of anilines is 1. The normalized spacial score (nSPS) is 17.8. The molecule has 24 heavy (non-hydrogen) atoms. The molecule has 5 nitrogen and oxygen atoms in total. The monoisotopic (exact) mass is 323 g/mol. The predicted molar refractivity (Wildman–Crippen MR) is 93.4 cm³/mol. The number of esters is 1. The van der Waals surface area contributed by atoms with E-state index in [1.807, 2.05) is 42.5 Å². The Kier molecular flexibility index (Phi) is 5.56. The van der Waals surface area contributed by atoms with Gasteiger partial charge in [0, 0.05) is 25.5 Å². The molecule has 2 aromatic rings. The molecule has 0 bridgehead atoms. The number of ether oxygens (including phenoxy) is 1. The fraction of sp³-hybridized carbons (Fsp3) is 0.316. The predicted octanol–water partition coefficient (Wildman–Crippen LogP) is 2.95. The van der Waals surface area contributed by atoms with Crippen molar-refractivity contribution >= 4 is 18.0 Å². The Bertz CT molecular complexity index is 674. The van der Waals surface area contributed by atoms with Crippen LogP contribution in [0, 0.1) is 5.92 Å². The summed E-state index contributed by atoms with van der Waals surface area (Å²) in [7, 11) is 0. The summed E-state index contributed by atoms with van der Waals surface area (Å²) in [5, 5.41) is 0. The Morgan fingerprint density at radius 3 is 2.79 bits per heavy atom. The molecule has 3 rings (SSSR count). The third-order valence-corrected chi connectivity index (χ3v) is 4.02. The van der Waals surface area contributed by atoms with Crippen LogP contribution in [0.1, 0.15) is 18.4 Å². The van der Waals surface area contributed by atoms with Gasteiger partial charge < -0.3 is 9.64 Å². The zero-order chi connectivity index (χ0) is 16.6. The van der Waals surface area contributed by atoms with E-state index in [1.54, 1.807) is 18.5 Å². The first-order chi connectivity index (χ1) is 11.8. The van der Waals surface area contributed by atoms with Crippen LogP contribution in [-0.4, -0.2) is 35.6 Å². The quantitative estimate of drug-likeness (QED) is 0.792. The van der Waals surface area contributed by atoms with Gasteiger partial charge in [-0.15, -0.1) is 0 Å². The second-order valence-electron chi connectivity index (χ2n) is 5.78. The lowest BCUT2D eigenvalue weighted by molar-refractivity contribution is -0.147. The number of carbonyl (C=O) groups is 1. The number of hydrogen-bond donors (Lipinski definition) is 0. The molecular formula is C19H21N3O2. The van der Waals surface area contributed by atoms with Crippen LogP contribution in [0.25, 0.3) is 6.08 Å². The number of carbonyl (C=O) groups excluding carboxylic acids is 1. The molecule has 1 aliphatic rings. The third-order valence-electron chi connectivity index (χ3n) is 4.02. The van der Waals surface area contributed by atoms with Crippen molar-refractivity contribution in [2.45, 2.75) is 12.8 Å². The topological polar surface area (TPSA) is 55.3 Å². The number of aromatic nitrogens is 2. The molecule has 1 fully saturated rings. The van der Waals surface area contributed by atoms with Gasteiger partial charge in [0.2, 0.25) is 5.95 Å². The highest BCUT2D eigenvalue weighted by Crippen LogP contribution is 2.21. The van der Waals surface area contributed by atoms with E-state index in [0.29, 0.717) is 19.1 Å². The van der Waals surface area contributed by atoms with Crippen molar-refractivity contribution in [3.63, 3.8) is 0 Å². The van der Waals surface area contributed by atoms with E-state index in [4.69, 9.17) is 4.74 Å². The van der Waals surface area contributed by atoms with Crippen LogP contribution in [0.15, 0.2) is 54.9 Å². The molecule has 1 aromatic carbocycles. The van der Waals surface area contributed by atoms with Crippen LogP contribution < -0.4 is 4.90 Å². The lowest BCUT2D eigenvalue weighted by Crippen LogP contribution is -2.40. The van der Waals surface area contributed by atoms with Crippen molar-refractivity contribution < 1.29 is 9.53 Å². The molecular weight excluding hydrogens is 302 g/mol. The van der Waals surface area contributed by atoms with Gasteiger partial charge in [-0.2, -0.15) is 0 Å². The van der Waals surface area contributed by atoms with Gasteiger partial charge in [0.05, 0.1) is 5.92 Å². The largest absolute Gasteiger partial charge is 0.461 e. The molecule has 1 aliphatic heterocycles. The second kappa shape index (κ2) is 8.24. The van der Waals surface area contributed by atoms with Gasteiger partial charge in [-0.3, -0.25) is 4.79 Å². The molecule has 0 saturated carbocycles. The summed E-state index contributed by atoms with van der Waals surface area (Å²) < 4.78 is 5.39. The van der Waals surface area contributed by atoms with Crippen molar-refractivity contribution in [2.24, 2.45) is 5.92 Å². The molecule has 2 heterocycles. The summed E-state index contributed by atoms with van der Waals surface area (Å²) in [6, 6.07) is 11.7. The molecule has 1 atom stereocenters. The average molecular weight is 323 g/mol. The summed E-state index contributed by atoms with van der Waals surface area (Å²) in [6.07, 6.45) is 9.06. The van der Waals surface area contributed by atoms with E-state index < -0.39 is 0 Å². The van der Waals surface area contributed by atoms with E-state index in [0.717, 1.165) is 24.9 Å². The number of nitrogens with zero attached hydrogens (tertiary/aromatic N) is 3. The summed E-state index contributed by atoms with van der Waals surface area (Å²) in [4.78, 5) is 22.8. The highest BCUT2D eigenvalue weighted by atomic mass is 16.5. The van der Waals surface area contributed by atoms with E-state index >= 15 is 0 Å². The molecule has 0 spiro atoms. The van der Waals surface area contributed by atoms with Crippen molar-refractivity contribution in [2.75, 3.05) is 24.6 Å².